The van der Waals surface area contributed by atoms with Crippen molar-refractivity contribution in [3.63, 3.8) is 0 Å². The predicted molar refractivity (Wildman–Crippen MR) is 218 cm³/mol. The van der Waals surface area contributed by atoms with Gasteiger partial charge in [0.2, 0.25) is 0 Å². The summed E-state index contributed by atoms with van der Waals surface area (Å²) >= 11 is 3.51. The SMILES string of the molecule is C.CSc1ccc([S+](c2ccc(OCCO)cc2)c2ccc(OCCO)cc2)cc1.CSc1ccc([S+](c2ccccc2)c2ccccc2)cc1. The van der Waals surface area contributed by atoms with Crippen LogP contribution >= 0.6 is 23.5 Å². The van der Waals surface area contributed by atoms with E-state index in [1.165, 1.54) is 39.2 Å². The van der Waals surface area contributed by atoms with Crippen molar-refractivity contribution in [2.75, 3.05) is 38.9 Å². The third-order valence-electron chi connectivity index (χ3n) is 7.39. The Bertz CT molecular complexity index is 1730. The van der Waals surface area contributed by atoms with Crippen LogP contribution in [0.3, 0.4) is 0 Å². The Morgan fingerprint density at radius 3 is 0.961 bits per heavy atom. The monoisotopic (exact) mass is 754 g/mol. The van der Waals surface area contributed by atoms with Gasteiger partial charge in [-0.15, -0.1) is 23.5 Å². The summed E-state index contributed by atoms with van der Waals surface area (Å²) in [7, 11) is -0.306. The van der Waals surface area contributed by atoms with Gasteiger partial charge in [0.1, 0.15) is 24.7 Å². The van der Waals surface area contributed by atoms with Crippen molar-refractivity contribution in [3.05, 3.63) is 158 Å². The molecule has 2 N–H and O–H groups in total. The molecule has 0 aliphatic carbocycles. The molecule has 0 heterocycles. The topological polar surface area (TPSA) is 58.9 Å². The molecule has 0 saturated carbocycles. The molecule has 0 bridgehead atoms. The summed E-state index contributed by atoms with van der Waals surface area (Å²) in [6.45, 7) is 0.574. The molecule has 51 heavy (non-hydrogen) atoms. The molecule has 6 rings (SSSR count). The van der Waals surface area contributed by atoms with E-state index in [2.05, 4.69) is 146 Å². The Morgan fingerprint density at radius 1 is 0.412 bits per heavy atom. The fraction of sp³-hybridized carbons (Fsp3) is 0.163. The zero-order valence-corrected chi connectivity index (χ0v) is 31.4. The number of hydrogen-bond donors (Lipinski definition) is 2. The minimum absolute atomic E-state index is 0. The maximum absolute atomic E-state index is 8.94. The zero-order valence-electron chi connectivity index (χ0n) is 28.2. The van der Waals surface area contributed by atoms with Gasteiger partial charge in [-0.2, -0.15) is 0 Å². The molecule has 0 atom stereocenters. The van der Waals surface area contributed by atoms with Gasteiger partial charge in [-0.3, -0.25) is 0 Å². The number of aliphatic hydroxyl groups is 2. The van der Waals surface area contributed by atoms with E-state index in [1.54, 1.807) is 23.5 Å². The highest BCUT2D eigenvalue weighted by molar-refractivity contribution is 7.99. The Labute approximate surface area is 318 Å². The maximum Gasteiger partial charge on any atom is 0.166 e. The largest absolute Gasteiger partial charge is 0.491 e. The third-order valence-corrected chi connectivity index (χ3v) is 13.3. The van der Waals surface area contributed by atoms with Gasteiger partial charge >= 0.3 is 0 Å². The Hall–Kier alpha value is -3.76. The molecule has 4 nitrogen and oxygen atoms in total. The number of aliphatic hydroxyl groups excluding tert-OH is 2. The van der Waals surface area contributed by atoms with Crippen molar-refractivity contribution in [3.8, 4) is 11.5 Å². The average Bonchev–Trinajstić information content (AvgIpc) is 3.19. The molecule has 8 heteroatoms. The zero-order chi connectivity index (χ0) is 35.0. The van der Waals surface area contributed by atoms with Gasteiger partial charge in [0.05, 0.1) is 35.0 Å². The standard InChI is InChI=1S/C23H25O4S2.C19H17S2.CH4/c1-28-20-6-12-23(13-7-20)29(21-8-2-18(3-9-21)26-16-14-24)22-10-4-19(5-11-22)27-17-15-25;1-20-16-12-14-19(15-13-16)21(17-8-4-2-5-9-17)18-10-6-3-7-11-18;/h2-13,24-25H,14-17H2,1H3;2-15H,1H3;1H4/q2*+1;. The lowest BCUT2D eigenvalue weighted by Gasteiger charge is -2.11. The summed E-state index contributed by atoms with van der Waals surface area (Å²) in [5.74, 6) is 1.49. The molecule has 0 aliphatic rings. The van der Waals surface area contributed by atoms with Gasteiger partial charge in [0.25, 0.3) is 0 Å². The second-order valence-corrected chi connectivity index (χ2v) is 16.5. The predicted octanol–water partition coefficient (Wildman–Crippen LogP) is 10.4. The molecular formula is C43H46O4S4+2. The van der Waals surface area contributed by atoms with E-state index >= 15 is 0 Å². The minimum Gasteiger partial charge on any atom is -0.491 e. The van der Waals surface area contributed by atoms with Gasteiger partial charge in [0.15, 0.2) is 29.4 Å². The summed E-state index contributed by atoms with van der Waals surface area (Å²) in [6.07, 6.45) is 4.19. The van der Waals surface area contributed by atoms with Crippen molar-refractivity contribution in [1.82, 2.24) is 0 Å². The van der Waals surface area contributed by atoms with Crippen LogP contribution in [0.4, 0.5) is 0 Å². The Kier molecular flexibility index (Phi) is 16.9. The van der Waals surface area contributed by atoms with E-state index in [-0.39, 0.29) is 55.6 Å². The summed E-state index contributed by atoms with van der Waals surface area (Å²) in [5, 5.41) is 17.9. The van der Waals surface area contributed by atoms with Crippen LogP contribution in [0.15, 0.2) is 197 Å². The molecule has 0 fully saturated rings. The van der Waals surface area contributed by atoms with Crippen LogP contribution in [0.25, 0.3) is 0 Å². The van der Waals surface area contributed by atoms with E-state index in [9.17, 15) is 0 Å². The first-order chi connectivity index (χ1) is 24.6. The summed E-state index contributed by atoms with van der Waals surface area (Å²) in [4.78, 5) is 10.2. The van der Waals surface area contributed by atoms with E-state index < -0.39 is 0 Å². The number of thioether (sulfide) groups is 2. The van der Waals surface area contributed by atoms with Gasteiger partial charge in [-0.1, -0.05) is 43.8 Å². The molecule has 0 saturated heterocycles. The minimum atomic E-state index is -0.272. The number of benzene rings is 6. The first kappa shape index (κ1) is 40.0. The van der Waals surface area contributed by atoms with Crippen LogP contribution in [-0.2, 0) is 21.8 Å². The van der Waals surface area contributed by atoms with Gasteiger partial charge in [-0.25, -0.2) is 0 Å². The molecular weight excluding hydrogens is 709 g/mol. The normalized spacial score (nSPS) is 10.6. The first-order valence-corrected chi connectivity index (χ1v) is 21.1. The fourth-order valence-electron chi connectivity index (χ4n) is 5.02. The van der Waals surface area contributed by atoms with Crippen molar-refractivity contribution < 1.29 is 19.7 Å². The average molecular weight is 755 g/mol. The number of ether oxygens (including phenoxy) is 2. The van der Waals surface area contributed by atoms with Gasteiger partial charge in [-0.05, 0) is 134 Å². The summed E-state index contributed by atoms with van der Waals surface area (Å²) in [5.41, 5.74) is 0. The Balaban J connectivity index is 0.000000235. The van der Waals surface area contributed by atoms with Crippen molar-refractivity contribution >= 4 is 45.3 Å². The van der Waals surface area contributed by atoms with Crippen LogP contribution in [0, 0.1) is 0 Å². The van der Waals surface area contributed by atoms with Crippen LogP contribution in [0.1, 0.15) is 7.43 Å². The highest BCUT2D eigenvalue weighted by atomic mass is 32.2. The van der Waals surface area contributed by atoms with Crippen LogP contribution in [0.2, 0.25) is 0 Å². The maximum atomic E-state index is 8.94. The van der Waals surface area contributed by atoms with E-state index in [4.69, 9.17) is 19.7 Å². The number of hydrogen-bond acceptors (Lipinski definition) is 6. The van der Waals surface area contributed by atoms with Gasteiger partial charge < -0.3 is 19.7 Å². The molecule has 0 unspecified atom stereocenters. The second-order valence-electron chi connectivity index (χ2n) is 10.7. The molecule has 264 valence electrons. The van der Waals surface area contributed by atoms with Gasteiger partial charge in [0, 0.05) is 9.79 Å². The fourth-order valence-corrected chi connectivity index (χ4v) is 9.97. The lowest BCUT2D eigenvalue weighted by Crippen LogP contribution is -2.06. The van der Waals surface area contributed by atoms with E-state index in [0.717, 1.165) is 11.5 Å². The quantitative estimate of drug-likeness (QED) is 0.0853. The van der Waals surface area contributed by atoms with Crippen molar-refractivity contribution in [2.45, 2.75) is 46.6 Å². The smallest absolute Gasteiger partial charge is 0.166 e. The Morgan fingerprint density at radius 2 is 0.686 bits per heavy atom. The van der Waals surface area contributed by atoms with E-state index in [1.807, 2.05) is 24.3 Å². The summed E-state index contributed by atoms with van der Waals surface area (Å²) in [6, 6.07) is 55.2. The second kappa shape index (κ2) is 21.6. The van der Waals surface area contributed by atoms with Crippen LogP contribution in [-0.4, -0.2) is 49.2 Å². The molecule has 0 spiro atoms. The lowest BCUT2D eigenvalue weighted by atomic mass is 10.3. The van der Waals surface area contributed by atoms with Crippen molar-refractivity contribution in [1.29, 1.82) is 0 Å². The van der Waals surface area contributed by atoms with Crippen LogP contribution in [0.5, 0.6) is 11.5 Å². The molecule has 0 aliphatic heterocycles. The number of rotatable bonds is 14. The molecule has 0 amide bonds. The summed E-state index contributed by atoms with van der Waals surface area (Å²) < 4.78 is 11.0. The molecule has 0 radical (unpaired) electrons. The third kappa shape index (κ3) is 11.6. The molecule has 6 aromatic rings. The first-order valence-electron chi connectivity index (χ1n) is 16.2. The highest BCUT2D eigenvalue weighted by Gasteiger charge is 2.29. The molecule has 6 aromatic carbocycles. The highest BCUT2D eigenvalue weighted by Crippen LogP contribution is 2.34. The van der Waals surface area contributed by atoms with Crippen LogP contribution < -0.4 is 9.47 Å². The lowest BCUT2D eigenvalue weighted by molar-refractivity contribution is 0.201. The van der Waals surface area contributed by atoms with E-state index in [0.29, 0.717) is 0 Å². The van der Waals surface area contributed by atoms with Crippen molar-refractivity contribution in [2.24, 2.45) is 0 Å². The molecule has 0 aromatic heterocycles.